The van der Waals surface area contributed by atoms with Crippen LogP contribution in [0.4, 0.5) is 0 Å². The van der Waals surface area contributed by atoms with E-state index in [1.54, 1.807) is 11.3 Å². The maximum Gasteiger partial charge on any atom is 0.161 e. The number of nitrogens with zero attached hydrogens (tertiary/aromatic N) is 1. The van der Waals surface area contributed by atoms with Crippen LogP contribution in [0.1, 0.15) is 71.0 Å². The highest BCUT2D eigenvalue weighted by atomic mass is 32.1. The SMILES string of the molecule is [B]C1(C(C)C)CCCc2c(sc(=S)n2C(C)C)C1(C)C. The molecular formula is C16H26BNS2. The molecule has 1 heterocycles. The lowest BCUT2D eigenvalue weighted by Gasteiger charge is -2.47. The third kappa shape index (κ3) is 2.23. The molecule has 0 aliphatic heterocycles. The molecule has 1 nitrogen and oxygen atoms in total. The largest absolute Gasteiger partial charge is 0.324 e. The second-order valence-corrected chi connectivity index (χ2v) is 8.93. The maximum absolute atomic E-state index is 6.89. The van der Waals surface area contributed by atoms with Gasteiger partial charge in [0.15, 0.2) is 3.95 Å². The Balaban J connectivity index is 2.68. The molecule has 0 saturated heterocycles. The molecule has 0 amide bonds. The van der Waals surface area contributed by atoms with E-state index < -0.39 is 0 Å². The molecule has 0 fully saturated rings. The van der Waals surface area contributed by atoms with Gasteiger partial charge in [-0.1, -0.05) is 39.4 Å². The molecule has 0 N–H and O–H groups in total. The van der Waals surface area contributed by atoms with E-state index in [4.69, 9.17) is 20.1 Å². The molecule has 1 aliphatic rings. The fourth-order valence-corrected chi connectivity index (χ4v) is 5.67. The number of aromatic nitrogens is 1. The number of thiazole rings is 1. The van der Waals surface area contributed by atoms with Crippen LogP contribution in [0.15, 0.2) is 0 Å². The van der Waals surface area contributed by atoms with Gasteiger partial charge in [-0.15, -0.1) is 11.3 Å². The Morgan fingerprint density at radius 3 is 2.35 bits per heavy atom. The van der Waals surface area contributed by atoms with Gasteiger partial charge in [-0.05, 0) is 50.2 Å². The summed E-state index contributed by atoms with van der Waals surface area (Å²) in [5, 5.41) is -0.153. The summed E-state index contributed by atoms with van der Waals surface area (Å²) in [5.74, 6) is 0.464. The van der Waals surface area contributed by atoms with Crippen LogP contribution in [0.5, 0.6) is 0 Å². The maximum atomic E-state index is 6.89. The zero-order valence-corrected chi connectivity index (χ0v) is 15.3. The Morgan fingerprint density at radius 1 is 1.25 bits per heavy atom. The first-order valence-electron chi connectivity index (χ1n) is 7.66. The van der Waals surface area contributed by atoms with Crippen LogP contribution in [0.25, 0.3) is 0 Å². The molecule has 0 spiro atoms. The highest BCUT2D eigenvalue weighted by Gasteiger charge is 2.47. The van der Waals surface area contributed by atoms with Crippen LogP contribution in [0.3, 0.4) is 0 Å². The summed E-state index contributed by atoms with van der Waals surface area (Å²) >= 11 is 7.41. The fraction of sp³-hybridized carbons (Fsp3) is 0.812. The van der Waals surface area contributed by atoms with Gasteiger partial charge in [0.25, 0.3) is 0 Å². The van der Waals surface area contributed by atoms with E-state index in [1.165, 1.54) is 10.6 Å². The van der Waals surface area contributed by atoms with Crippen LogP contribution in [0, 0.1) is 9.87 Å². The molecule has 0 saturated carbocycles. The van der Waals surface area contributed by atoms with Gasteiger partial charge in [0.2, 0.25) is 0 Å². The topological polar surface area (TPSA) is 4.93 Å². The summed E-state index contributed by atoms with van der Waals surface area (Å²) in [6, 6.07) is 0.433. The van der Waals surface area contributed by atoms with Gasteiger partial charge in [0.1, 0.15) is 0 Å². The molecule has 1 aromatic rings. The highest BCUT2D eigenvalue weighted by molar-refractivity contribution is 7.73. The van der Waals surface area contributed by atoms with Gasteiger partial charge in [0, 0.05) is 16.6 Å². The minimum atomic E-state index is -0.153. The summed E-state index contributed by atoms with van der Waals surface area (Å²) in [6.45, 7) is 13.6. The fourth-order valence-electron chi connectivity index (χ4n) is 3.74. The zero-order chi connectivity index (χ0) is 15.3. The van der Waals surface area contributed by atoms with E-state index in [0.29, 0.717) is 12.0 Å². The zero-order valence-electron chi connectivity index (χ0n) is 13.6. The molecule has 1 aromatic heterocycles. The van der Waals surface area contributed by atoms with E-state index >= 15 is 0 Å². The minimum Gasteiger partial charge on any atom is -0.324 e. The number of hydrogen-bond donors (Lipinski definition) is 0. The second kappa shape index (κ2) is 5.28. The summed E-state index contributed by atoms with van der Waals surface area (Å²) in [4.78, 5) is 1.42. The Hall–Kier alpha value is -0.0851. The average molecular weight is 307 g/mol. The van der Waals surface area contributed by atoms with Gasteiger partial charge < -0.3 is 4.57 Å². The molecular weight excluding hydrogens is 281 g/mol. The minimum absolute atomic E-state index is 0.0225. The third-order valence-electron chi connectivity index (χ3n) is 5.22. The standard InChI is InChI=1S/C16H26BNS2/c1-10(2)16(17)9-7-8-12-13(15(16,5)6)20-14(19)18(12)11(3)4/h10-11H,7-9H2,1-6H3. The van der Waals surface area contributed by atoms with Gasteiger partial charge in [-0.2, -0.15) is 0 Å². The first kappa shape index (κ1) is 16.3. The quantitative estimate of drug-likeness (QED) is 0.399. The molecule has 2 rings (SSSR count). The Kier molecular flexibility index (Phi) is 4.30. The molecule has 1 unspecified atom stereocenters. The van der Waals surface area contributed by atoms with Crippen LogP contribution in [0.2, 0.25) is 5.31 Å². The van der Waals surface area contributed by atoms with Gasteiger partial charge in [-0.3, -0.25) is 0 Å². The molecule has 1 aliphatic carbocycles. The summed E-state index contributed by atoms with van der Waals surface area (Å²) < 4.78 is 3.36. The predicted octanol–water partition coefficient (Wildman–Crippen LogP) is 5.46. The van der Waals surface area contributed by atoms with Crippen molar-refractivity contribution in [2.24, 2.45) is 5.92 Å². The van der Waals surface area contributed by atoms with Crippen molar-refractivity contribution >= 4 is 31.4 Å². The molecule has 20 heavy (non-hydrogen) atoms. The molecule has 0 aromatic carbocycles. The smallest absolute Gasteiger partial charge is 0.161 e. The Bertz CT molecular complexity index is 553. The molecule has 1 atom stereocenters. The monoisotopic (exact) mass is 307 g/mol. The van der Waals surface area contributed by atoms with Crippen molar-refractivity contribution in [3.63, 3.8) is 0 Å². The number of rotatable bonds is 2. The van der Waals surface area contributed by atoms with Crippen LogP contribution >= 0.6 is 23.6 Å². The predicted molar refractivity (Wildman–Crippen MR) is 92.8 cm³/mol. The second-order valence-electron chi connectivity index (χ2n) is 7.28. The van der Waals surface area contributed by atoms with Crippen LogP contribution < -0.4 is 0 Å². The van der Waals surface area contributed by atoms with Gasteiger partial charge in [-0.25, -0.2) is 0 Å². The van der Waals surface area contributed by atoms with Gasteiger partial charge in [0.05, 0.1) is 7.85 Å². The van der Waals surface area contributed by atoms with E-state index in [2.05, 4.69) is 46.1 Å². The summed E-state index contributed by atoms with van der Waals surface area (Å²) in [6.07, 6.45) is 3.35. The average Bonchev–Trinajstić information content (AvgIpc) is 2.61. The van der Waals surface area contributed by atoms with E-state index in [0.717, 1.165) is 23.2 Å². The number of fused-ring (bicyclic) bond motifs is 1. The van der Waals surface area contributed by atoms with Crippen LogP contribution in [-0.4, -0.2) is 12.4 Å². The molecule has 110 valence electrons. The molecule has 0 bridgehead atoms. The lowest BCUT2D eigenvalue weighted by molar-refractivity contribution is 0.253. The van der Waals surface area contributed by atoms with Crippen molar-refractivity contribution < 1.29 is 0 Å². The van der Waals surface area contributed by atoms with Crippen molar-refractivity contribution in [1.29, 1.82) is 0 Å². The van der Waals surface area contributed by atoms with Gasteiger partial charge >= 0.3 is 0 Å². The van der Waals surface area contributed by atoms with Crippen molar-refractivity contribution in [2.45, 2.75) is 77.6 Å². The number of hydrogen-bond acceptors (Lipinski definition) is 2. The third-order valence-corrected chi connectivity index (χ3v) is 6.99. The Labute approximate surface area is 134 Å². The Morgan fingerprint density at radius 2 is 1.85 bits per heavy atom. The first-order valence-corrected chi connectivity index (χ1v) is 8.89. The molecule has 4 heteroatoms. The molecule has 2 radical (unpaired) electrons. The van der Waals surface area contributed by atoms with E-state index in [1.807, 2.05) is 0 Å². The van der Waals surface area contributed by atoms with Crippen molar-refractivity contribution in [3.8, 4) is 0 Å². The van der Waals surface area contributed by atoms with Crippen molar-refractivity contribution in [1.82, 2.24) is 4.57 Å². The lowest BCUT2D eigenvalue weighted by atomic mass is 9.47. The first-order chi connectivity index (χ1) is 9.13. The van der Waals surface area contributed by atoms with E-state index in [-0.39, 0.29) is 10.7 Å². The summed E-state index contributed by atoms with van der Waals surface area (Å²) in [7, 11) is 6.89. The summed E-state index contributed by atoms with van der Waals surface area (Å²) in [5.41, 5.74) is 1.42. The van der Waals surface area contributed by atoms with E-state index in [9.17, 15) is 0 Å². The van der Waals surface area contributed by atoms with Crippen molar-refractivity contribution in [2.75, 3.05) is 0 Å². The lowest BCUT2D eigenvalue weighted by Crippen LogP contribution is -2.38. The van der Waals surface area contributed by atoms with Crippen LogP contribution in [-0.2, 0) is 11.8 Å². The highest BCUT2D eigenvalue weighted by Crippen LogP contribution is 2.57. The van der Waals surface area contributed by atoms with Crippen molar-refractivity contribution in [3.05, 3.63) is 14.5 Å². The normalized spacial score (nSPS) is 25.8.